The molecule has 1 saturated carbocycles. The molecule has 1 fully saturated rings. The van der Waals surface area contributed by atoms with Crippen LogP contribution in [0.1, 0.15) is 37.9 Å². The summed E-state index contributed by atoms with van der Waals surface area (Å²) in [4.78, 5) is 24.0. The summed E-state index contributed by atoms with van der Waals surface area (Å²) in [6, 6.07) is 1.27. The van der Waals surface area contributed by atoms with Gasteiger partial charge in [-0.25, -0.2) is 22.3 Å². The van der Waals surface area contributed by atoms with Gasteiger partial charge in [-0.05, 0) is 25.0 Å². The van der Waals surface area contributed by atoms with Gasteiger partial charge in [0.05, 0.1) is 19.1 Å². The number of hydrogen-bond acceptors (Lipinski definition) is 5. The van der Waals surface area contributed by atoms with Crippen LogP contribution in [0.15, 0.2) is 22.8 Å². The van der Waals surface area contributed by atoms with E-state index in [-0.39, 0.29) is 6.54 Å². The molecule has 8 nitrogen and oxygen atoms in total. The normalized spacial score (nSPS) is 15.9. The van der Waals surface area contributed by atoms with Gasteiger partial charge in [0.2, 0.25) is 10.0 Å². The van der Waals surface area contributed by atoms with Crippen LogP contribution >= 0.6 is 0 Å². The maximum absolute atomic E-state index is 12.2. The number of nitrogens with zero attached hydrogens (tertiary/aromatic N) is 1. The highest BCUT2D eigenvalue weighted by Crippen LogP contribution is 2.24. The van der Waals surface area contributed by atoms with Crippen molar-refractivity contribution in [3.63, 3.8) is 0 Å². The summed E-state index contributed by atoms with van der Waals surface area (Å²) in [7, 11) is -3.74. The number of rotatable bonds is 4. The first-order chi connectivity index (χ1) is 10.9. The second-order valence-electron chi connectivity index (χ2n) is 5.54. The lowest BCUT2D eigenvalue weighted by Crippen LogP contribution is -2.52. The summed E-state index contributed by atoms with van der Waals surface area (Å²) >= 11 is 0. The molecule has 4 amide bonds. The molecule has 9 heteroatoms. The fourth-order valence-corrected chi connectivity index (χ4v) is 3.78. The van der Waals surface area contributed by atoms with Gasteiger partial charge in [0, 0.05) is 6.04 Å². The summed E-state index contributed by atoms with van der Waals surface area (Å²) in [5, 5.41) is 4.50. The van der Waals surface area contributed by atoms with E-state index < -0.39 is 28.1 Å². The van der Waals surface area contributed by atoms with Gasteiger partial charge in [0.15, 0.2) is 0 Å². The molecular weight excluding hydrogens is 322 g/mol. The molecule has 0 radical (unpaired) electrons. The molecule has 0 bridgehead atoms. The van der Waals surface area contributed by atoms with Crippen LogP contribution in [0.2, 0.25) is 0 Å². The second-order valence-corrected chi connectivity index (χ2v) is 7.40. The molecule has 1 heterocycles. The maximum atomic E-state index is 12.2. The molecule has 0 unspecified atom stereocenters. The van der Waals surface area contributed by atoms with Crippen LogP contribution in [0, 0.1) is 0 Å². The minimum Gasteiger partial charge on any atom is -0.467 e. The predicted octanol–water partition coefficient (Wildman–Crippen LogP) is 1.79. The quantitative estimate of drug-likeness (QED) is 0.866. The lowest BCUT2D eigenvalue weighted by molar-refractivity contribution is 0.197. The molecule has 0 saturated heterocycles. The minimum absolute atomic E-state index is 0.106. The van der Waals surface area contributed by atoms with E-state index in [1.807, 2.05) is 0 Å². The Kier molecular flexibility index (Phi) is 5.64. The molecular formula is C14H21N3O5S. The van der Waals surface area contributed by atoms with Crippen molar-refractivity contribution in [2.75, 3.05) is 6.26 Å². The van der Waals surface area contributed by atoms with Crippen LogP contribution in [-0.4, -0.2) is 37.1 Å². The number of furan rings is 1. The lowest BCUT2D eigenvalue weighted by Gasteiger charge is -2.32. The Hall–Kier alpha value is -2.03. The third-order valence-corrected chi connectivity index (χ3v) is 4.87. The van der Waals surface area contributed by atoms with E-state index in [9.17, 15) is 18.0 Å². The standard InChI is InChI=1S/C14H21N3O5S/c1-23(20,21)17(11-6-3-2-4-7-11)14(19)16-13(18)15-10-12-8-5-9-22-12/h5,8-9,11H,2-4,6-7,10H2,1H3,(H2,15,16,18,19). The Balaban J connectivity index is 1.95. The largest absolute Gasteiger partial charge is 0.467 e. The number of amides is 4. The molecule has 1 aromatic heterocycles. The summed E-state index contributed by atoms with van der Waals surface area (Å²) in [6.45, 7) is 0.106. The highest BCUT2D eigenvalue weighted by atomic mass is 32.2. The molecule has 2 N–H and O–H groups in total. The highest BCUT2D eigenvalue weighted by molar-refractivity contribution is 7.88. The van der Waals surface area contributed by atoms with Gasteiger partial charge in [0.25, 0.3) is 0 Å². The van der Waals surface area contributed by atoms with E-state index in [0.29, 0.717) is 18.6 Å². The number of urea groups is 2. The van der Waals surface area contributed by atoms with Crippen LogP contribution in [0.25, 0.3) is 0 Å². The molecule has 1 aliphatic carbocycles. The second kappa shape index (κ2) is 7.49. The summed E-state index contributed by atoms with van der Waals surface area (Å²) in [5.74, 6) is 0.528. The first kappa shape index (κ1) is 17.3. The van der Waals surface area contributed by atoms with Gasteiger partial charge in [0.1, 0.15) is 5.76 Å². The van der Waals surface area contributed by atoms with Crippen molar-refractivity contribution in [1.82, 2.24) is 14.9 Å². The van der Waals surface area contributed by atoms with Crippen molar-refractivity contribution >= 4 is 22.1 Å². The van der Waals surface area contributed by atoms with Crippen molar-refractivity contribution in [2.45, 2.75) is 44.7 Å². The molecule has 23 heavy (non-hydrogen) atoms. The minimum atomic E-state index is -3.74. The third-order valence-electron chi connectivity index (χ3n) is 3.69. The van der Waals surface area contributed by atoms with E-state index in [1.54, 1.807) is 12.1 Å². The molecule has 128 valence electrons. The smallest absolute Gasteiger partial charge is 0.339 e. The first-order valence-corrected chi connectivity index (χ1v) is 9.33. The zero-order valence-electron chi connectivity index (χ0n) is 12.9. The number of nitrogens with one attached hydrogen (secondary N) is 2. The van der Waals surface area contributed by atoms with Crippen molar-refractivity contribution in [2.24, 2.45) is 0 Å². The van der Waals surface area contributed by atoms with Gasteiger partial charge in [-0.2, -0.15) is 0 Å². The van der Waals surface area contributed by atoms with E-state index in [1.165, 1.54) is 6.26 Å². The third kappa shape index (κ3) is 4.98. The van der Waals surface area contributed by atoms with Crippen LogP contribution in [0.4, 0.5) is 9.59 Å². The topological polar surface area (TPSA) is 109 Å². The number of imide groups is 1. The van der Waals surface area contributed by atoms with E-state index in [2.05, 4.69) is 10.6 Å². The summed E-state index contributed by atoms with van der Waals surface area (Å²) in [5.41, 5.74) is 0. The SMILES string of the molecule is CS(=O)(=O)N(C(=O)NC(=O)NCc1ccco1)C1CCCCC1. The van der Waals surface area contributed by atoms with Gasteiger partial charge >= 0.3 is 12.1 Å². The lowest BCUT2D eigenvalue weighted by atomic mass is 9.96. The summed E-state index contributed by atoms with van der Waals surface area (Å²) < 4.78 is 29.7. The molecule has 2 rings (SSSR count). The Bertz CT molecular complexity index is 635. The van der Waals surface area contributed by atoms with Gasteiger partial charge in [-0.1, -0.05) is 19.3 Å². The molecule has 1 aromatic rings. The highest BCUT2D eigenvalue weighted by Gasteiger charge is 2.33. The summed E-state index contributed by atoms with van der Waals surface area (Å²) in [6.07, 6.45) is 6.45. The van der Waals surface area contributed by atoms with Gasteiger partial charge in [-0.3, -0.25) is 5.32 Å². The van der Waals surface area contributed by atoms with Crippen molar-refractivity contribution in [3.05, 3.63) is 24.2 Å². The van der Waals surface area contributed by atoms with Crippen molar-refractivity contribution in [1.29, 1.82) is 0 Å². The number of sulfonamides is 1. The zero-order valence-corrected chi connectivity index (χ0v) is 13.8. The Morgan fingerprint density at radius 2 is 2.00 bits per heavy atom. The Morgan fingerprint density at radius 3 is 2.57 bits per heavy atom. The monoisotopic (exact) mass is 343 g/mol. The molecule has 0 aromatic carbocycles. The van der Waals surface area contributed by atoms with E-state index in [0.717, 1.165) is 29.8 Å². The molecule has 0 spiro atoms. The van der Waals surface area contributed by atoms with E-state index in [4.69, 9.17) is 4.42 Å². The predicted molar refractivity (Wildman–Crippen MR) is 83.0 cm³/mol. The molecule has 0 aliphatic heterocycles. The van der Waals surface area contributed by atoms with Crippen LogP contribution < -0.4 is 10.6 Å². The fourth-order valence-electron chi connectivity index (χ4n) is 2.68. The Morgan fingerprint density at radius 1 is 1.30 bits per heavy atom. The first-order valence-electron chi connectivity index (χ1n) is 7.48. The average molecular weight is 343 g/mol. The maximum Gasteiger partial charge on any atom is 0.339 e. The van der Waals surface area contributed by atoms with Gasteiger partial charge < -0.3 is 9.73 Å². The van der Waals surface area contributed by atoms with E-state index >= 15 is 0 Å². The molecule has 0 atom stereocenters. The van der Waals surface area contributed by atoms with Crippen LogP contribution in [-0.2, 0) is 16.6 Å². The van der Waals surface area contributed by atoms with Gasteiger partial charge in [-0.15, -0.1) is 0 Å². The zero-order chi connectivity index (χ0) is 16.9. The Labute approximate surface area is 135 Å². The average Bonchev–Trinajstić information content (AvgIpc) is 2.98. The number of hydrogen-bond donors (Lipinski definition) is 2. The molecule has 1 aliphatic rings. The number of carbonyl (C=O) groups is 2. The van der Waals surface area contributed by atoms with Crippen molar-refractivity contribution in [3.8, 4) is 0 Å². The van der Waals surface area contributed by atoms with Crippen molar-refractivity contribution < 1.29 is 22.4 Å². The fraction of sp³-hybridized carbons (Fsp3) is 0.571. The van der Waals surface area contributed by atoms with Crippen LogP contribution in [0.3, 0.4) is 0 Å². The van der Waals surface area contributed by atoms with Crippen LogP contribution in [0.5, 0.6) is 0 Å². The number of carbonyl (C=O) groups excluding carboxylic acids is 2.